The number of halogens is 1. The Morgan fingerprint density at radius 1 is 1.30 bits per heavy atom. The summed E-state index contributed by atoms with van der Waals surface area (Å²) in [5.74, 6) is 0.429. The SMILES string of the molecule is Cc1ccc(Br)cc1OCC(=O)Nc1ccccc1N. The third-order valence-electron chi connectivity index (χ3n) is 2.74. The Kier molecular flexibility index (Phi) is 4.63. The molecular formula is C15H15BrN2O2. The van der Waals surface area contributed by atoms with Crippen LogP contribution in [0.4, 0.5) is 11.4 Å². The summed E-state index contributed by atoms with van der Waals surface area (Å²) in [7, 11) is 0. The molecule has 0 aliphatic heterocycles. The fourth-order valence-electron chi connectivity index (χ4n) is 1.67. The van der Waals surface area contributed by atoms with Crippen LogP contribution in [-0.4, -0.2) is 12.5 Å². The van der Waals surface area contributed by atoms with Gasteiger partial charge in [-0.15, -0.1) is 0 Å². The molecule has 0 aromatic heterocycles. The zero-order chi connectivity index (χ0) is 14.5. The molecule has 4 nitrogen and oxygen atoms in total. The van der Waals surface area contributed by atoms with Gasteiger partial charge in [-0.25, -0.2) is 0 Å². The van der Waals surface area contributed by atoms with Crippen LogP contribution in [-0.2, 0) is 4.79 Å². The van der Waals surface area contributed by atoms with Crippen LogP contribution < -0.4 is 15.8 Å². The van der Waals surface area contributed by atoms with Gasteiger partial charge in [0.25, 0.3) is 5.91 Å². The molecule has 0 unspecified atom stereocenters. The summed E-state index contributed by atoms with van der Waals surface area (Å²) in [5, 5.41) is 2.71. The van der Waals surface area contributed by atoms with E-state index < -0.39 is 0 Å². The van der Waals surface area contributed by atoms with Gasteiger partial charge in [-0.2, -0.15) is 0 Å². The molecule has 0 radical (unpaired) electrons. The zero-order valence-corrected chi connectivity index (χ0v) is 12.6. The van der Waals surface area contributed by atoms with Crippen molar-refractivity contribution < 1.29 is 9.53 Å². The lowest BCUT2D eigenvalue weighted by atomic mass is 10.2. The first kappa shape index (κ1) is 14.4. The molecule has 0 bridgehead atoms. The predicted molar refractivity (Wildman–Crippen MR) is 83.9 cm³/mol. The number of hydrogen-bond acceptors (Lipinski definition) is 3. The number of hydrogen-bond donors (Lipinski definition) is 2. The minimum absolute atomic E-state index is 0.0639. The second-order valence-corrected chi connectivity index (χ2v) is 5.25. The van der Waals surface area contributed by atoms with Crippen molar-refractivity contribution in [1.82, 2.24) is 0 Å². The number of benzene rings is 2. The Hall–Kier alpha value is -2.01. The van der Waals surface area contributed by atoms with Crippen LogP contribution in [0.2, 0.25) is 0 Å². The monoisotopic (exact) mass is 334 g/mol. The summed E-state index contributed by atoms with van der Waals surface area (Å²) >= 11 is 3.37. The summed E-state index contributed by atoms with van der Waals surface area (Å²) in [5.41, 5.74) is 7.85. The molecule has 2 aromatic rings. The number of amides is 1. The maximum Gasteiger partial charge on any atom is 0.262 e. The molecule has 2 rings (SSSR count). The van der Waals surface area contributed by atoms with Crippen molar-refractivity contribution in [2.45, 2.75) is 6.92 Å². The van der Waals surface area contributed by atoms with E-state index in [0.29, 0.717) is 17.1 Å². The van der Waals surface area contributed by atoms with Gasteiger partial charge in [0.1, 0.15) is 5.75 Å². The van der Waals surface area contributed by atoms with Gasteiger partial charge >= 0.3 is 0 Å². The minimum Gasteiger partial charge on any atom is -0.483 e. The van der Waals surface area contributed by atoms with Gasteiger partial charge in [0.15, 0.2) is 6.61 Å². The van der Waals surface area contributed by atoms with E-state index in [4.69, 9.17) is 10.5 Å². The third-order valence-corrected chi connectivity index (χ3v) is 3.24. The topological polar surface area (TPSA) is 64.3 Å². The summed E-state index contributed by atoms with van der Waals surface area (Å²) in [6.45, 7) is 1.86. The van der Waals surface area contributed by atoms with Crippen LogP contribution >= 0.6 is 15.9 Å². The van der Waals surface area contributed by atoms with Crippen LogP contribution in [0, 0.1) is 6.92 Å². The molecular weight excluding hydrogens is 320 g/mol. The quantitative estimate of drug-likeness (QED) is 0.842. The van der Waals surface area contributed by atoms with E-state index in [1.54, 1.807) is 12.1 Å². The molecule has 0 saturated carbocycles. The number of aryl methyl sites for hydroxylation is 1. The molecule has 104 valence electrons. The third kappa shape index (κ3) is 3.74. The van der Waals surface area contributed by atoms with E-state index in [0.717, 1.165) is 10.0 Å². The van der Waals surface area contributed by atoms with E-state index in [1.807, 2.05) is 37.3 Å². The second kappa shape index (κ2) is 6.43. The fraction of sp³-hybridized carbons (Fsp3) is 0.133. The number of para-hydroxylation sites is 2. The number of carbonyl (C=O) groups excluding carboxylic acids is 1. The molecule has 0 spiro atoms. The number of rotatable bonds is 4. The summed E-state index contributed by atoms with van der Waals surface area (Å²) in [4.78, 5) is 11.8. The standard InChI is InChI=1S/C15H15BrN2O2/c1-10-6-7-11(16)8-14(10)20-9-15(19)18-13-5-3-2-4-12(13)17/h2-8H,9,17H2,1H3,(H,18,19). The molecule has 2 aromatic carbocycles. The van der Waals surface area contributed by atoms with Crippen molar-refractivity contribution in [3.8, 4) is 5.75 Å². The van der Waals surface area contributed by atoms with Gasteiger partial charge in [0.05, 0.1) is 11.4 Å². The molecule has 5 heteroatoms. The van der Waals surface area contributed by atoms with Crippen LogP contribution in [0.1, 0.15) is 5.56 Å². The van der Waals surface area contributed by atoms with Crippen molar-refractivity contribution in [3.05, 3.63) is 52.5 Å². The van der Waals surface area contributed by atoms with Crippen LogP contribution in [0.25, 0.3) is 0 Å². The smallest absolute Gasteiger partial charge is 0.262 e. The lowest BCUT2D eigenvalue weighted by molar-refractivity contribution is -0.118. The summed E-state index contributed by atoms with van der Waals surface area (Å²) in [6, 6.07) is 12.8. The van der Waals surface area contributed by atoms with Crippen molar-refractivity contribution in [2.24, 2.45) is 0 Å². The van der Waals surface area contributed by atoms with Gasteiger partial charge in [0, 0.05) is 4.47 Å². The Morgan fingerprint density at radius 3 is 2.80 bits per heavy atom. The van der Waals surface area contributed by atoms with Crippen molar-refractivity contribution in [2.75, 3.05) is 17.7 Å². The zero-order valence-electron chi connectivity index (χ0n) is 11.0. The number of anilines is 2. The largest absolute Gasteiger partial charge is 0.483 e. The first-order valence-corrected chi connectivity index (χ1v) is 6.89. The average molecular weight is 335 g/mol. The highest BCUT2D eigenvalue weighted by Gasteiger charge is 2.07. The van der Waals surface area contributed by atoms with E-state index in [9.17, 15) is 4.79 Å². The highest BCUT2D eigenvalue weighted by Crippen LogP contribution is 2.23. The minimum atomic E-state index is -0.248. The number of nitrogens with one attached hydrogen (secondary N) is 1. The van der Waals surface area contributed by atoms with Gasteiger partial charge in [-0.1, -0.05) is 34.1 Å². The van der Waals surface area contributed by atoms with Gasteiger partial charge < -0.3 is 15.8 Å². The number of nitrogen functional groups attached to an aromatic ring is 1. The number of nitrogens with two attached hydrogens (primary N) is 1. The average Bonchev–Trinajstić information content (AvgIpc) is 2.42. The maximum atomic E-state index is 11.8. The fourth-order valence-corrected chi connectivity index (χ4v) is 2.01. The molecule has 20 heavy (non-hydrogen) atoms. The van der Waals surface area contributed by atoms with Crippen molar-refractivity contribution in [1.29, 1.82) is 0 Å². The molecule has 0 saturated heterocycles. The Bertz CT molecular complexity index is 629. The van der Waals surface area contributed by atoms with Crippen LogP contribution in [0.3, 0.4) is 0 Å². The first-order valence-electron chi connectivity index (χ1n) is 6.09. The van der Waals surface area contributed by atoms with Crippen molar-refractivity contribution in [3.63, 3.8) is 0 Å². The van der Waals surface area contributed by atoms with E-state index in [1.165, 1.54) is 0 Å². The van der Waals surface area contributed by atoms with Crippen LogP contribution in [0.5, 0.6) is 5.75 Å². The molecule has 0 atom stereocenters. The normalized spacial score (nSPS) is 10.1. The molecule has 0 aliphatic carbocycles. The first-order chi connectivity index (χ1) is 9.56. The van der Waals surface area contributed by atoms with Crippen molar-refractivity contribution >= 4 is 33.2 Å². The maximum absolute atomic E-state index is 11.8. The number of carbonyl (C=O) groups is 1. The molecule has 0 fully saturated rings. The van der Waals surface area contributed by atoms with E-state index >= 15 is 0 Å². The lowest BCUT2D eigenvalue weighted by Gasteiger charge is -2.11. The highest BCUT2D eigenvalue weighted by molar-refractivity contribution is 9.10. The summed E-state index contributed by atoms with van der Waals surface area (Å²) in [6.07, 6.45) is 0. The predicted octanol–water partition coefficient (Wildman–Crippen LogP) is 3.36. The molecule has 3 N–H and O–H groups in total. The van der Waals surface area contributed by atoms with Crippen LogP contribution in [0.15, 0.2) is 46.9 Å². The van der Waals surface area contributed by atoms with Gasteiger partial charge in [0.2, 0.25) is 0 Å². The highest BCUT2D eigenvalue weighted by atomic mass is 79.9. The summed E-state index contributed by atoms with van der Waals surface area (Å²) < 4.78 is 6.42. The Balaban J connectivity index is 1.96. The van der Waals surface area contributed by atoms with Gasteiger partial charge in [-0.3, -0.25) is 4.79 Å². The molecule has 0 heterocycles. The molecule has 1 amide bonds. The lowest BCUT2D eigenvalue weighted by Crippen LogP contribution is -2.21. The Labute approximate surface area is 126 Å². The van der Waals surface area contributed by atoms with E-state index in [2.05, 4.69) is 21.2 Å². The van der Waals surface area contributed by atoms with Gasteiger partial charge in [-0.05, 0) is 36.8 Å². The molecule has 0 aliphatic rings. The number of ether oxygens (including phenoxy) is 1. The second-order valence-electron chi connectivity index (χ2n) is 4.33. The van der Waals surface area contributed by atoms with E-state index in [-0.39, 0.29) is 12.5 Å². The Morgan fingerprint density at radius 2 is 2.05 bits per heavy atom.